The third-order valence-corrected chi connectivity index (χ3v) is 3.81. The molecule has 0 saturated heterocycles. The molecule has 3 nitrogen and oxygen atoms in total. The third-order valence-electron chi connectivity index (χ3n) is 3.38. The van der Waals surface area contributed by atoms with Gasteiger partial charge in [0.15, 0.2) is 11.6 Å². The van der Waals surface area contributed by atoms with Crippen molar-refractivity contribution in [1.29, 1.82) is 0 Å². The second kappa shape index (κ2) is 8.39. The summed E-state index contributed by atoms with van der Waals surface area (Å²) in [5.41, 5.74) is 1.88. The van der Waals surface area contributed by atoms with Crippen molar-refractivity contribution in [3.8, 4) is 11.5 Å². The summed E-state index contributed by atoms with van der Waals surface area (Å²) in [6.07, 6.45) is 0.675. The topological polar surface area (TPSA) is 30.5 Å². The predicted octanol–water partition coefficient (Wildman–Crippen LogP) is 4.48. The van der Waals surface area contributed by atoms with Crippen LogP contribution in [0.3, 0.4) is 0 Å². The van der Waals surface area contributed by atoms with Crippen molar-refractivity contribution >= 4 is 23.2 Å². The van der Waals surface area contributed by atoms with Crippen LogP contribution in [-0.4, -0.2) is 20.8 Å². The smallest absolute Gasteiger partial charge is 0.168 e. The van der Waals surface area contributed by atoms with Gasteiger partial charge in [-0.15, -0.1) is 0 Å². The lowest BCUT2D eigenvalue weighted by molar-refractivity contribution is 0.374. The molecule has 0 heterocycles. The number of hydrogen-bond donors (Lipinski definition) is 1. The van der Waals surface area contributed by atoms with E-state index in [4.69, 9.17) is 32.7 Å². The number of nitrogens with one attached hydrogen (secondary N) is 1. The van der Waals surface area contributed by atoms with Gasteiger partial charge in [0.25, 0.3) is 0 Å². The maximum atomic E-state index is 13.7. The van der Waals surface area contributed by atoms with Gasteiger partial charge in [0.2, 0.25) is 0 Å². The molecule has 0 fully saturated rings. The highest BCUT2D eigenvalue weighted by molar-refractivity contribution is 6.34. The van der Waals surface area contributed by atoms with Crippen LogP contribution in [0.1, 0.15) is 11.1 Å². The first-order valence-electron chi connectivity index (χ1n) is 7.09. The van der Waals surface area contributed by atoms with Crippen molar-refractivity contribution in [2.75, 3.05) is 20.8 Å². The normalized spacial score (nSPS) is 10.7. The van der Waals surface area contributed by atoms with Crippen LogP contribution in [0.2, 0.25) is 10.0 Å². The quantitative estimate of drug-likeness (QED) is 0.741. The standard InChI is InChI=1S/C17H18Cl2FNO2/c1-22-16-9-15(20)17(23-2)7-12(16)3-4-21-10-11-5-13(18)8-14(19)6-11/h5-9,21H,3-4,10H2,1-2H3. The van der Waals surface area contributed by atoms with Crippen LogP contribution in [-0.2, 0) is 13.0 Å². The number of hydrogen-bond acceptors (Lipinski definition) is 3. The first-order valence-corrected chi connectivity index (χ1v) is 7.85. The average Bonchev–Trinajstić information content (AvgIpc) is 2.51. The van der Waals surface area contributed by atoms with E-state index in [1.165, 1.54) is 20.3 Å². The fourth-order valence-corrected chi connectivity index (χ4v) is 2.86. The monoisotopic (exact) mass is 357 g/mol. The number of methoxy groups -OCH3 is 2. The fourth-order valence-electron chi connectivity index (χ4n) is 2.29. The lowest BCUT2D eigenvalue weighted by Gasteiger charge is -2.12. The molecular formula is C17H18Cl2FNO2. The Kier molecular flexibility index (Phi) is 6.51. The molecule has 0 radical (unpaired) electrons. The highest BCUT2D eigenvalue weighted by atomic mass is 35.5. The largest absolute Gasteiger partial charge is 0.496 e. The van der Waals surface area contributed by atoms with E-state index in [-0.39, 0.29) is 5.75 Å². The number of halogens is 3. The minimum Gasteiger partial charge on any atom is -0.496 e. The Balaban J connectivity index is 1.95. The molecule has 1 N–H and O–H groups in total. The Morgan fingerprint density at radius 1 is 0.957 bits per heavy atom. The summed E-state index contributed by atoms with van der Waals surface area (Å²) < 4.78 is 23.9. The molecule has 0 aliphatic carbocycles. The van der Waals surface area contributed by atoms with Gasteiger partial charge in [-0.2, -0.15) is 0 Å². The average molecular weight is 358 g/mol. The van der Waals surface area contributed by atoms with Gasteiger partial charge in [0.1, 0.15) is 5.75 Å². The van der Waals surface area contributed by atoms with E-state index in [1.807, 2.05) is 12.1 Å². The van der Waals surface area contributed by atoms with Gasteiger partial charge < -0.3 is 14.8 Å². The molecule has 2 rings (SSSR count). The summed E-state index contributed by atoms with van der Waals surface area (Å²) in [6.45, 7) is 1.33. The highest BCUT2D eigenvalue weighted by Crippen LogP contribution is 2.27. The molecule has 0 aliphatic rings. The molecule has 0 amide bonds. The third kappa shape index (κ3) is 4.99. The molecule has 0 aliphatic heterocycles. The van der Waals surface area contributed by atoms with Gasteiger partial charge in [-0.05, 0) is 48.4 Å². The Hall–Kier alpha value is -1.49. The number of benzene rings is 2. The summed E-state index contributed by atoms with van der Waals surface area (Å²) in [7, 11) is 2.96. The Labute approximate surface area is 145 Å². The molecule has 0 saturated carbocycles. The fraction of sp³-hybridized carbons (Fsp3) is 0.294. The summed E-state index contributed by atoms with van der Waals surface area (Å²) in [6, 6.07) is 8.42. The number of ether oxygens (including phenoxy) is 2. The molecule has 0 bridgehead atoms. The van der Waals surface area contributed by atoms with E-state index in [0.29, 0.717) is 35.3 Å². The van der Waals surface area contributed by atoms with Crippen LogP contribution in [0.15, 0.2) is 30.3 Å². The Bertz CT molecular complexity index is 660. The maximum absolute atomic E-state index is 13.7. The van der Waals surface area contributed by atoms with Gasteiger partial charge in [-0.1, -0.05) is 23.2 Å². The second-order valence-electron chi connectivity index (χ2n) is 5.00. The summed E-state index contributed by atoms with van der Waals surface area (Å²) in [5, 5.41) is 4.52. The Morgan fingerprint density at radius 3 is 2.22 bits per heavy atom. The van der Waals surface area contributed by atoms with Gasteiger partial charge >= 0.3 is 0 Å². The first kappa shape index (κ1) is 17.9. The molecule has 0 spiro atoms. The minimum absolute atomic E-state index is 0.211. The Morgan fingerprint density at radius 2 is 1.61 bits per heavy atom. The van der Waals surface area contributed by atoms with E-state index < -0.39 is 5.82 Å². The summed E-state index contributed by atoms with van der Waals surface area (Å²) in [4.78, 5) is 0. The van der Waals surface area contributed by atoms with Crippen molar-refractivity contribution in [1.82, 2.24) is 5.32 Å². The van der Waals surface area contributed by atoms with Crippen molar-refractivity contribution in [3.63, 3.8) is 0 Å². The van der Waals surface area contributed by atoms with Gasteiger partial charge in [-0.3, -0.25) is 0 Å². The zero-order valence-electron chi connectivity index (χ0n) is 13.0. The zero-order chi connectivity index (χ0) is 16.8. The zero-order valence-corrected chi connectivity index (χ0v) is 14.5. The minimum atomic E-state index is -0.436. The lowest BCUT2D eigenvalue weighted by atomic mass is 10.1. The van der Waals surface area contributed by atoms with E-state index in [2.05, 4.69) is 5.32 Å². The molecule has 2 aromatic rings. The van der Waals surface area contributed by atoms with Crippen molar-refractivity contribution in [2.24, 2.45) is 0 Å². The second-order valence-corrected chi connectivity index (χ2v) is 5.88. The summed E-state index contributed by atoms with van der Waals surface area (Å²) >= 11 is 11.9. The van der Waals surface area contributed by atoms with Crippen molar-refractivity contribution < 1.29 is 13.9 Å². The van der Waals surface area contributed by atoms with E-state index in [0.717, 1.165) is 11.1 Å². The molecule has 2 aromatic carbocycles. The molecule has 0 atom stereocenters. The van der Waals surface area contributed by atoms with Crippen LogP contribution in [0.4, 0.5) is 4.39 Å². The maximum Gasteiger partial charge on any atom is 0.168 e. The van der Waals surface area contributed by atoms with Crippen LogP contribution >= 0.6 is 23.2 Å². The molecule has 0 unspecified atom stereocenters. The van der Waals surface area contributed by atoms with E-state index in [1.54, 1.807) is 12.1 Å². The molecule has 6 heteroatoms. The SMILES string of the molecule is COc1cc(CCNCc2cc(Cl)cc(Cl)c2)c(OC)cc1F. The van der Waals surface area contributed by atoms with Gasteiger partial charge in [0.05, 0.1) is 14.2 Å². The van der Waals surface area contributed by atoms with Crippen LogP contribution in [0.25, 0.3) is 0 Å². The molecule has 0 aromatic heterocycles. The molecular weight excluding hydrogens is 340 g/mol. The van der Waals surface area contributed by atoms with E-state index in [9.17, 15) is 4.39 Å². The lowest BCUT2D eigenvalue weighted by Crippen LogP contribution is -2.17. The van der Waals surface area contributed by atoms with Crippen molar-refractivity contribution in [3.05, 3.63) is 57.3 Å². The predicted molar refractivity (Wildman–Crippen MR) is 91.4 cm³/mol. The van der Waals surface area contributed by atoms with Gasteiger partial charge in [0, 0.05) is 22.7 Å². The highest BCUT2D eigenvalue weighted by Gasteiger charge is 2.10. The summed E-state index contributed by atoms with van der Waals surface area (Å²) in [5.74, 6) is 0.285. The number of rotatable bonds is 7. The van der Waals surface area contributed by atoms with Crippen molar-refractivity contribution in [2.45, 2.75) is 13.0 Å². The van der Waals surface area contributed by atoms with Crippen LogP contribution < -0.4 is 14.8 Å². The van der Waals surface area contributed by atoms with E-state index >= 15 is 0 Å². The molecule has 124 valence electrons. The molecule has 23 heavy (non-hydrogen) atoms. The van der Waals surface area contributed by atoms with Crippen LogP contribution in [0, 0.1) is 5.82 Å². The van der Waals surface area contributed by atoms with Gasteiger partial charge in [-0.25, -0.2) is 4.39 Å². The van der Waals surface area contributed by atoms with Crippen LogP contribution in [0.5, 0.6) is 11.5 Å². The first-order chi connectivity index (χ1) is 11.0.